The summed E-state index contributed by atoms with van der Waals surface area (Å²) in [5, 5.41) is 20.5. The van der Waals surface area contributed by atoms with Crippen molar-refractivity contribution in [3.63, 3.8) is 0 Å². The fraction of sp³-hybridized carbons (Fsp3) is 0.0526. The first-order valence-corrected chi connectivity index (χ1v) is 8.81. The lowest BCUT2D eigenvalue weighted by atomic mass is 10.0. The van der Waals surface area contributed by atoms with Crippen LogP contribution in [0.1, 0.15) is 5.56 Å². The zero-order valence-electron chi connectivity index (χ0n) is 13.0. The van der Waals surface area contributed by atoms with E-state index in [9.17, 15) is 18.6 Å². The Morgan fingerprint density at radius 1 is 0.833 bits per heavy atom. The van der Waals surface area contributed by atoms with Gasteiger partial charge in [0.2, 0.25) is 9.84 Å². The number of phenolic OH excluding ortho intramolecular Hbond substituents is 2. The van der Waals surface area contributed by atoms with E-state index in [4.69, 9.17) is 0 Å². The van der Waals surface area contributed by atoms with Gasteiger partial charge < -0.3 is 10.2 Å². The van der Waals surface area contributed by atoms with Gasteiger partial charge in [-0.3, -0.25) is 0 Å². The number of hydrogen-bond acceptors (Lipinski definition) is 4. The van der Waals surface area contributed by atoms with Crippen molar-refractivity contribution >= 4 is 9.84 Å². The predicted octanol–water partition coefficient (Wildman–Crippen LogP) is 3.91. The van der Waals surface area contributed by atoms with E-state index in [1.54, 1.807) is 36.4 Å². The molecular weight excluding hydrogens is 324 g/mol. The van der Waals surface area contributed by atoms with Gasteiger partial charge in [-0.05, 0) is 30.7 Å². The highest BCUT2D eigenvalue weighted by molar-refractivity contribution is 7.91. The van der Waals surface area contributed by atoms with Crippen molar-refractivity contribution < 1.29 is 18.6 Å². The number of rotatable bonds is 3. The average Bonchev–Trinajstić information content (AvgIpc) is 2.57. The molecule has 0 saturated heterocycles. The van der Waals surface area contributed by atoms with E-state index in [2.05, 4.69) is 0 Å². The second kappa shape index (κ2) is 6.02. The predicted molar refractivity (Wildman–Crippen MR) is 91.8 cm³/mol. The Balaban J connectivity index is 2.22. The SMILES string of the molecule is Cc1ccc(S(=O)(=O)c2cc(O)cc(-c3ccccc3)c2O)cc1. The smallest absolute Gasteiger partial charge is 0.210 e. The molecule has 0 bridgehead atoms. The summed E-state index contributed by atoms with van der Waals surface area (Å²) >= 11 is 0. The molecule has 0 spiro atoms. The van der Waals surface area contributed by atoms with E-state index < -0.39 is 9.84 Å². The van der Waals surface area contributed by atoms with Crippen LogP contribution in [0.3, 0.4) is 0 Å². The Morgan fingerprint density at radius 3 is 2.08 bits per heavy atom. The summed E-state index contributed by atoms with van der Waals surface area (Å²) in [6, 6.07) is 17.6. The van der Waals surface area contributed by atoms with Gasteiger partial charge in [-0.15, -0.1) is 0 Å². The minimum atomic E-state index is -3.95. The van der Waals surface area contributed by atoms with Crippen molar-refractivity contribution in [3.8, 4) is 22.6 Å². The summed E-state index contributed by atoms with van der Waals surface area (Å²) in [5.74, 6) is -0.600. The summed E-state index contributed by atoms with van der Waals surface area (Å²) in [5.41, 5.74) is 1.81. The van der Waals surface area contributed by atoms with Crippen LogP contribution >= 0.6 is 0 Å². The fourth-order valence-corrected chi connectivity index (χ4v) is 3.87. The Hall–Kier alpha value is -2.79. The molecule has 122 valence electrons. The van der Waals surface area contributed by atoms with Gasteiger partial charge >= 0.3 is 0 Å². The Kier molecular flexibility index (Phi) is 4.03. The lowest BCUT2D eigenvalue weighted by Crippen LogP contribution is -2.03. The number of aromatic hydroxyl groups is 2. The zero-order chi connectivity index (χ0) is 17.3. The quantitative estimate of drug-likeness (QED) is 0.709. The third kappa shape index (κ3) is 2.86. The molecule has 0 unspecified atom stereocenters. The second-order valence-corrected chi connectivity index (χ2v) is 7.44. The first-order valence-electron chi connectivity index (χ1n) is 7.33. The largest absolute Gasteiger partial charge is 0.508 e. The van der Waals surface area contributed by atoms with Crippen molar-refractivity contribution in [1.82, 2.24) is 0 Å². The van der Waals surface area contributed by atoms with Crippen molar-refractivity contribution in [2.75, 3.05) is 0 Å². The first kappa shape index (κ1) is 16.1. The van der Waals surface area contributed by atoms with Crippen LogP contribution in [-0.2, 0) is 9.84 Å². The Morgan fingerprint density at radius 2 is 1.46 bits per heavy atom. The van der Waals surface area contributed by atoms with E-state index in [1.807, 2.05) is 13.0 Å². The van der Waals surface area contributed by atoms with Crippen molar-refractivity contribution in [1.29, 1.82) is 0 Å². The standard InChI is InChI=1S/C19H16O4S/c1-13-7-9-16(10-8-13)24(22,23)18-12-15(20)11-17(19(18)21)14-5-3-2-4-6-14/h2-12,20-21H,1H3. The van der Waals surface area contributed by atoms with E-state index in [1.165, 1.54) is 18.2 Å². The summed E-state index contributed by atoms with van der Waals surface area (Å²) in [4.78, 5) is -0.252. The molecule has 2 N–H and O–H groups in total. The summed E-state index contributed by atoms with van der Waals surface area (Å²) < 4.78 is 25.7. The molecule has 0 fully saturated rings. The molecule has 0 saturated carbocycles. The van der Waals surface area contributed by atoms with Gasteiger partial charge in [0.25, 0.3) is 0 Å². The Labute approximate surface area is 140 Å². The molecule has 0 aromatic heterocycles. The van der Waals surface area contributed by atoms with Gasteiger partial charge in [-0.25, -0.2) is 8.42 Å². The maximum atomic E-state index is 12.8. The molecule has 0 atom stereocenters. The highest BCUT2D eigenvalue weighted by Crippen LogP contribution is 2.40. The van der Waals surface area contributed by atoms with Gasteiger partial charge in [-0.1, -0.05) is 48.0 Å². The van der Waals surface area contributed by atoms with Gasteiger partial charge in [-0.2, -0.15) is 0 Å². The molecule has 4 nitrogen and oxygen atoms in total. The number of phenols is 2. The summed E-state index contributed by atoms with van der Waals surface area (Å²) in [6.07, 6.45) is 0. The van der Waals surface area contributed by atoms with Crippen LogP contribution in [-0.4, -0.2) is 18.6 Å². The molecule has 3 aromatic carbocycles. The monoisotopic (exact) mass is 340 g/mol. The van der Waals surface area contributed by atoms with Crippen LogP contribution in [0, 0.1) is 6.92 Å². The molecule has 0 amide bonds. The molecule has 5 heteroatoms. The fourth-order valence-electron chi connectivity index (χ4n) is 2.48. The molecule has 0 radical (unpaired) electrons. The van der Waals surface area contributed by atoms with E-state index >= 15 is 0 Å². The zero-order valence-corrected chi connectivity index (χ0v) is 13.8. The molecule has 0 aliphatic carbocycles. The molecule has 0 aliphatic rings. The Bertz CT molecular complexity index is 976. The van der Waals surface area contributed by atoms with Crippen molar-refractivity contribution in [2.45, 2.75) is 16.7 Å². The van der Waals surface area contributed by atoms with E-state index in [0.29, 0.717) is 5.56 Å². The van der Waals surface area contributed by atoms with Gasteiger partial charge in [0, 0.05) is 11.6 Å². The van der Waals surface area contributed by atoms with Crippen molar-refractivity contribution in [2.24, 2.45) is 0 Å². The van der Waals surface area contributed by atoms with Gasteiger partial charge in [0.05, 0.1) is 4.90 Å². The van der Waals surface area contributed by atoms with Crippen LogP contribution in [0.5, 0.6) is 11.5 Å². The van der Waals surface area contributed by atoms with Crippen LogP contribution in [0.2, 0.25) is 0 Å². The number of benzene rings is 3. The van der Waals surface area contributed by atoms with Gasteiger partial charge in [0.1, 0.15) is 16.4 Å². The highest BCUT2D eigenvalue weighted by atomic mass is 32.2. The minimum Gasteiger partial charge on any atom is -0.508 e. The van der Waals surface area contributed by atoms with E-state index in [0.717, 1.165) is 11.6 Å². The van der Waals surface area contributed by atoms with Crippen LogP contribution in [0.15, 0.2) is 76.5 Å². The van der Waals surface area contributed by atoms with Crippen LogP contribution in [0.4, 0.5) is 0 Å². The maximum absolute atomic E-state index is 12.8. The summed E-state index contributed by atoms with van der Waals surface area (Å²) in [6.45, 7) is 1.86. The topological polar surface area (TPSA) is 74.6 Å². The van der Waals surface area contributed by atoms with Crippen LogP contribution < -0.4 is 0 Å². The number of aryl methyl sites for hydroxylation is 1. The maximum Gasteiger partial charge on any atom is 0.210 e. The third-order valence-corrected chi connectivity index (χ3v) is 5.55. The molecule has 24 heavy (non-hydrogen) atoms. The average molecular weight is 340 g/mol. The molecule has 0 aliphatic heterocycles. The molecule has 0 heterocycles. The van der Waals surface area contributed by atoms with Crippen molar-refractivity contribution in [3.05, 3.63) is 72.3 Å². The lowest BCUT2D eigenvalue weighted by Gasteiger charge is -2.12. The third-order valence-electron chi connectivity index (χ3n) is 3.77. The number of sulfone groups is 1. The lowest BCUT2D eigenvalue weighted by molar-refractivity contribution is 0.447. The normalized spacial score (nSPS) is 11.4. The highest BCUT2D eigenvalue weighted by Gasteiger charge is 2.25. The molecule has 3 rings (SSSR count). The summed E-state index contributed by atoms with van der Waals surface area (Å²) in [7, 11) is -3.95. The molecular formula is C19H16O4S. The van der Waals surface area contributed by atoms with E-state index in [-0.39, 0.29) is 26.9 Å². The van der Waals surface area contributed by atoms with Gasteiger partial charge in [0.15, 0.2) is 0 Å². The van der Waals surface area contributed by atoms with Crippen LogP contribution in [0.25, 0.3) is 11.1 Å². The number of hydrogen-bond donors (Lipinski definition) is 2. The second-order valence-electron chi connectivity index (χ2n) is 5.52. The molecule has 3 aromatic rings. The minimum absolute atomic E-state index is 0.0630. The first-order chi connectivity index (χ1) is 11.4.